The summed E-state index contributed by atoms with van der Waals surface area (Å²) in [6.07, 6.45) is 2.36. The maximum Gasteiger partial charge on any atom is 0.352 e. The van der Waals surface area contributed by atoms with Gasteiger partial charge in [0.15, 0.2) is 5.76 Å². The molecule has 0 amide bonds. The highest BCUT2D eigenvalue weighted by Gasteiger charge is 2.20. The van der Waals surface area contributed by atoms with Gasteiger partial charge in [0.25, 0.3) is 0 Å². The lowest BCUT2D eigenvalue weighted by Gasteiger charge is -2.32. The number of likely N-dealkylation sites (tertiary alicyclic amines) is 1. The molecule has 1 aliphatic rings. The molecule has 0 radical (unpaired) electrons. The Morgan fingerprint density at radius 1 is 1.19 bits per heavy atom. The summed E-state index contributed by atoms with van der Waals surface area (Å²) in [5.74, 6) is -0.341. The molecular formula is C27H33ClN4O3S. The number of aromatic carboxylic acids is 1. The number of hydrogen-bond acceptors (Lipinski definition) is 6. The highest BCUT2D eigenvalue weighted by atomic mass is 35.5. The minimum absolute atomic E-state index is 0.237. The summed E-state index contributed by atoms with van der Waals surface area (Å²) in [4.78, 5) is 15.1. The Balaban J connectivity index is 0.000000256. The van der Waals surface area contributed by atoms with Crippen LogP contribution in [0, 0.1) is 13.8 Å². The van der Waals surface area contributed by atoms with E-state index in [0.29, 0.717) is 34.4 Å². The fourth-order valence-electron chi connectivity index (χ4n) is 4.58. The normalized spacial score (nSPS) is 14.9. The molecule has 1 fully saturated rings. The number of nitrogens with zero attached hydrogens (tertiary/aromatic N) is 3. The van der Waals surface area contributed by atoms with E-state index in [-0.39, 0.29) is 5.69 Å². The number of benzene rings is 1. The molecule has 4 aromatic rings. The molecule has 9 heteroatoms. The van der Waals surface area contributed by atoms with Crippen LogP contribution in [0.1, 0.15) is 54.0 Å². The molecular weight excluding hydrogens is 496 g/mol. The van der Waals surface area contributed by atoms with Gasteiger partial charge in [-0.1, -0.05) is 28.9 Å². The molecule has 0 saturated carbocycles. The lowest BCUT2D eigenvalue weighted by molar-refractivity contribution is 0.0686. The first kappa shape index (κ1) is 26.4. The number of aromatic nitrogens is 2. The van der Waals surface area contributed by atoms with E-state index in [0.717, 1.165) is 26.9 Å². The number of hydrogen-bond donors (Lipinski definition) is 2. The van der Waals surface area contributed by atoms with Crippen LogP contribution >= 0.6 is 22.9 Å². The van der Waals surface area contributed by atoms with E-state index in [9.17, 15) is 9.90 Å². The molecule has 1 aromatic carbocycles. The number of nitrogens with two attached hydrogens (primary N) is 1. The van der Waals surface area contributed by atoms with E-state index in [1.807, 2.05) is 38.1 Å². The zero-order valence-corrected chi connectivity index (χ0v) is 22.7. The van der Waals surface area contributed by atoms with Gasteiger partial charge in [-0.25, -0.2) is 4.79 Å². The maximum absolute atomic E-state index is 11.8. The van der Waals surface area contributed by atoms with Gasteiger partial charge < -0.3 is 24.8 Å². The number of rotatable bonds is 5. The van der Waals surface area contributed by atoms with Crippen LogP contribution in [0.25, 0.3) is 21.5 Å². The number of aryl methyl sites for hydroxylation is 2. The summed E-state index contributed by atoms with van der Waals surface area (Å²) in [7, 11) is 0. The van der Waals surface area contributed by atoms with E-state index < -0.39 is 5.97 Å². The van der Waals surface area contributed by atoms with Gasteiger partial charge in [-0.15, -0.1) is 11.3 Å². The second-order valence-electron chi connectivity index (χ2n) is 9.64. The van der Waals surface area contributed by atoms with Gasteiger partial charge in [0.05, 0.1) is 21.3 Å². The summed E-state index contributed by atoms with van der Waals surface area (Å²) in [5.41, 5.74) is 9.64. The molecule has 1 aliphatic heterocycles. The van der Waals surface area contributed by atoms with Gasteiger partial charge in [-0.3, -0.25) is 0 Å². The standard InChI is InChI=1S/C19H15ClN2O3S.C8H18N2/c1-10-3-4-11(2)18-13(10)8-14(19(23)24)22(18)9-12-7-15(25-21-12)16-5-6-17(20)26-16;1-7(2)10-5-3-8(9)4-6-10/h3-8H,9H2,1-2H3,(H,23,24);7-8H,3-6,9H2,1-2H3. The molecule has 0 spiro atoms. The van der Waals surface area contributed by atoms with Crippen LogP contribution in [-0.4, -0.2) is 50.9 Å². The highest BCUT2D eigenvalue weighted by molar-refractivity contribution is 7.19. The lowest BCUT2D eigenvalue weighted by atomic mass is 10.1. The summed E-state index contributed by atoms with van der Waals surface area (Å²) < 4.78 is 7.88. The van der Waals surface area contributed by atoms with Crippen LogP contribution in [0.5, 0.6) is 0 Å². The third kappa shape index (κ3) is 5.83. The van der Waals surface area contributed by atoms with Crippen molar-refractivity contribution in [1.82, 2.24) is 14.6 Å². The largest absolute Gasteiger partial charge is 0.477 e. The number of carboxylic acids is 1. The Morgan fingerprint density at radius 3 is 2.50 bits per heavy atom. The quantitative estimate of drug-likeness (QED) is 0.320. The Hall–Kier alpha value is -2.65. The van der Waals surface area contributed by atoms with Crippen molar-refractivity contribution >= 4 is 39.8 Å². The van der Waals surface area contributed by atoms with E-state index in [2.05, 4.69) is 23.9 Å². The Labute approximate surface area is 220 Å². The second-order valence-corrected chi connectivity index (χ2v) is 11.4. The van der Waals surface area contributed by atoms with Crippen molar-refractivity contribution in [1.29, 1.82) is 0 Å². The summed E-state index contributed by atoms with van der Waals surface area (Å²) in [5, 5.41) is 14.7. The first-order chi connectivity index (χ1) is 17.1. The predicted octanol–water partition coefficient (Wildman–Crippen LogP) is 6.19. The molecule has 3 aromatic heterocycles. The van der Waals surface area contributed by atoms with Crippen molar-refractivity contribution < 1.29 is 14.4 Å². The molecule has 4 heterocycles. The Bertz CT molecular complexity index is 1350. The van der Waals surface area contributed by atoms with Crippen molar-refractivity contribution in [3.63, 3.8) is 0 Å². The van der Waals surface area contributed by atoms with Crippen molar-refractivity contribution in [2.24, 2.45) is 5.73 Å². The highest BCUT2D eigenvalue weighted by Crippen LogP contribution is 2.32. The molecule has 0 aliphatic carbocycles. The van der Waals surface area contributed by atoms with Crippen LogP contribution in [0.15, 0.2) is 40.9 Å². The predicted molar refractivity (Wildman–Crippen MR) is 146 cm³/mol. The minimum Gasteiger partial charge on any atom is -0.477 e. The first-order valence-electron chi connectivity index (χ1n) is 12.2. The zero-order valence-electron chi connectivity index (χ0n) is 21.1. The second kappa shape index (κ2) is 11.2. The minimum atomic E-state index is -0.964. The van der Waals surface area contributed by atoms with Crippen LogP contribution in [0.4, 0.5) is 0 Å². The average molecular weight is 529 g/mol. The molecule has 0 bridgehead atoms. The monoisotopic (exact) mass is 528 g/mol. The molecule has 1 saturated heterocycles. The molecule has 3 N–H and O–H groups in total. The SMILES string of the molecule is CC(C)N1CCC(N)CC1.Cc1ccc(C)c2c1cc(C(=O)O)n2Cc1cc(-c2ccc(Cl)s2)on1. The van der Waals surface area contributed by atoms with Crippen LogP contribution in [0.2, 0.25) is 4.34 Å². The van der Waals surface area contributed by atoms with Crippen molar-refractivity contribution in [2.75, 3.05) is 13.1 Å². The van der Waals surface area contributed by atoms with Gasteiger partial charge in [0, 0.05) is 23.5 Å². The van der Waals surface area contributed by atoms with E-state index >= 15 is 0 Å². The summed E-state index contributed by atoms with van der Waals surface area (Å²) in [6.45, 7) is 11.2. The van der Waals surface area contributed by atoms with Crippen LogP contribution < -0.4 is 5.73 Å². The van der Waals surface area contributed by atoms with Crippen molar-refractivity contribution in [3.8, 4) is 10.6 Å². The molecule has 0 atom stereocenters. The van der Waals surface area contributed by atoms with Gasteiger partial charge in [0.1, 0.15) is 11.4 Å². The van der Waals surface area contributed by atoms with Gasteiger partial charge in [-0.05, 0) is 83.0 Å². The molecule has 36 heavy (non-hydrogen) atoms. The average Bonchev–Trinajstić information content (AvgIpc) is 3.56. The van der Waals surface area contributed by atoms with E-state index in [4.69, 9.17) is 21.9 Å². The third-order valence-electron chi connectivity index (χ3n) is 6.70. The number of carboxylic acid groups (broad SMARTS) is 1. The first-order valence-corrected chi connectivity index (χ1v) is 13.4. The summed E-state index contributed by atoms with van der Waals surface area (Å²) >= 11 is 7.38. The molecule has 7 nitrogen and oxygen atoms in total. The van der Waals surface area contributed by atoms with Gasteiger partial charge in [-0.2, -0.15) is 0 Å². The molecule has 5 rings (SSSR count). The van der Waals surface area contributed by atoms with E-state index in [1.165, 1.54) is 37.3 Å². The Morgan fingerprint density at radius 2 is 1.89 bits per heavy atom. The fourth-order valence-corrected chi connectivity index (χ4v) is 5.57. The lowest BCUT2D eigenvalue weighted by Crippen LogP contribution is -2.42. The topological polar surface area (TPSA) is 97.5 Å². The molecule has 0 unspecified atom stereocenters. The van der Waals surface area contributed by atoms with Crippen LogP contribution in [-0.2, 0) is 6.54 Å². The van der Waals surface area contributed by atoms with Gasteiger partial charge >= 0.3 is 5.97 Å². The fraction of sp³-hybridized carbons (Fsp3) is 0.407. The van der Waals surface area contributed by atoms with Crippen LogP contribution in [0.3, 0.4) is 0 Å². The number of carbonyl (C=O) groups is 1. The zero-order chi connectivity index (χ0) is 26.0. The third-order valence-corrected chi connectivity index (χ3v) is 7.94. The number of thiophene rings is 1. The van der Waals surface area contributed by atoms with Crippen molar-refractivity contribution in [3.05, 3.63) is 63.2 Å². The number of halogens is 1. The smallest absolute Gasteiger partial charge is 0.352 e. The maximum atomic E-state index is 11.8. The Kier molecular flexibility index (Phi) is 8.20. The number of fused-ring (bicyclic) bond motifs is 1. The number of piperidine rings is 1. The molecule has 192 valence electrons. The van der Waals surface area contributed by atoms with E-state index in [1.54, 1.807) is 16.7 Å². The van der Waals surface area contributed by atoms with Gasteiger partial charge in [0.2, 0.25) is 0 Å². The summed E-state index contributed by atoms with van der Waals surface area (Å²) in [6, 6.07) is 12.4. The van der Waals surface area contributed by atoms with Crippen molar-refractivity contribution in [2.45, 2.75) is 59.2 Å².